The maximum absolute atomic E-state index is 13.1. The molecule has 0 bridgehead atoms. The number of nitrogens with one attached hydrogen (secondary N) is 1. The first kappa shape index (κ1) is 18.1. The lowest BCUT2D eigenvalue weighted by molar-refractivity contribution is 0.0933. The van der Waals surface area contributed by atoms with Crippen LogP contribution >= 0.6 is 11.8 Å². The minimum Gasteiger partial charge on any atom is -0.342 e. The molecule has 142 valence electrons. The number of para-hydroxylation sites is 1. The number of hydrogen-bond donors (Lipinski definition) is 1. The molecule has 1 amide bonds. The van der Waals surface area contributed by atoms with Crippen molar-refractivity contribution >= 4 is 23.3 Å². The molecule has 28 heavy (non-hydrogen) atoms. The molecule has 1 unspecified atom stereocenters. The minimum atomic E-state index is -0.278. The summed E-state index contributed by atoms with van der Waals surface area (Å²) in [5.41, 5.74) is 1.84. The number of amides is 1. The zero-order valence-electron chi connectivity index (χ0n) is 15.1. The maximum atomic E-state index is 13.1. The first-order valence-corrected chi connectivity index (χ1v) is 10.1. The largest absolute Gasteiger partial charge is 0.342 e. The van der Waals surface area contributed by atoms with Crippen LogP contribution in [0.1, 0.15) is 28.6 Å². The number of carbonyl (C=O) groups is 1. The van der Waals surface area contributed by atoms with E-state index in [1.165, 1.54) is 11.0 Å². The van der Waals surface area contributed by atoms with Crippen molar-refractivity contribution in [2.24, 2.45) is 0 Å². The highest BCUT2D eigenvalue weighted by Gasteiger charge is 2.22. The second-order valence-corrected chi connectivity index (χ2v) is 7.05. The first-order chi connectivity index (χ1) is 13.8. The average Bonchev–Trinajstić information content (AvgIpc) is 3.41. The van der Waals surface area contributed by atoms with Crippen molar-refractivity contribution in [2.75, 3.05) is 12.0 Å². The van der Waals surface area contributed by atoms with Gasteiger partial charge in [0.15, 0.2) is 11.5 Å². The number of aromatic nitrogens is 7. The summed E-state index contributed by atoms with van der Waals surface area (Å²) in [7, 11) is 0. The van der Waals surface area contributed by atoms with Gasteiger partial charge < -0.3 is 5.32 Å². The van der Waals surface area contributed by atoms with E-state index < -0.39 is 0 Å². The summed E-state index contributed by atoms with van der Waals surface area (Å²) < 4.78 is 3.37. The van der Waals surface area contributed by atoms with E-state index in [0.29, 0.717) is 17.1 Å². The Kier molecular flexibility index (Phi) is 5.29. The molecule has 1 aromatic carbocycles. The van der Waals surface area contributed by atoms with Crippen LogP contribution in [0.25, 0.3) is 11.3 Å². The fraction of sp³-hybridized carbons (Fsp3) is 0.222. The zero-order chi connectivity index (χ0) is 19.3. The van der Waals surface area contributed by atoms with Gasteiger partial charge in [-0.25, -0.2) is 0 Å². The molecule has 0 spiro atoms. The van der Waals surface area contributed by atoms with Crippen molar-refractivity contribution in [2.45, 2.75) is 12.5 Å². The molecule has 1 N–H and O–H groups in total. The fourth-order valence-corrected chi connectivity index (χ4v) is 3.44. The van der Waals surface area contributed by atoms with Gasteiger partial charge in [0.2, 0.25) is 0 Å². The number of rotatable bonds is 7. The van der Waals surface area contributed by atoms with Crippen LogP contribution in [0.3, 0.4) is 0 Å². The third-order valence-corrected chi connectivity index (χ3v) is 4.96. The van der Waals surface area contributed by atoms with E-state index in [0.717, 1.165) is 17.8 Å². The highest BCUT2D eigenvalue weighted by Crippen LogP contribution is 2.20. The number of benzene rings is 1. The van der Waals surface area contributed by atoms with Crippen LogP contribution < -0.4 is 5.32 Å². The van der Waals surface area contributed by atoms with E-state index >= 15 is 0 Å². The number of fused-ring (bicyclic) bond motifs is 1. The molecule has 0 saturated carbocycles. The predicted octanol–water partition coefficient (Wildman–Crippen LogP) is 1.93. The van der Waals surface area contributed by atoms with Crippen LogP contribution in [0, 0.1) is 0 Å². The maximum Gasteiger partial charge on any atom is 0.254 e. The quantitative estimate of drug-likeness (QED) is 0.511. The molecule has 0 aliphatic heterocycles. The van der Waals surface area contributed by atoms with Crippen molar-refractivity contribution in [3.63, 3.8) is 0 Å². The zero-order valence-corrected chi connectivity index (χ0v) is 16.0. The molecule has 10 heteroatoms. The van der Waals surface area contributed by atoms with Crippen LogP contribution in [0.2, 0.25) is 0 Å². The minimum absolute atomic E-state index is 0.218. The Labute approximate surface area is 165 Å². The van der Waals surface area contributed by atoms with Gasteiger partial charge in [-0.15, -0.1) is 15.3 Å². The van der Waals surface area contributed by atoms with Crippen LogP contribution in [0.4, 0.5) is 0 Å². The lowest BCUT2D eigenvalue weighted by atomic mass is 10.1. The van der Waals surface area contributed by atoms with E-state index in [-0.39, 0.29) is 11.9 Å². The van der Waals surface area contributed by atoms with Gasteiger partial charge in [0, 0.05) is 6.20 Å². The van der Waals surface area contributed by atoms with Crippen LogP contribution in [0.5, 0.6) is 0 Å². The van der Waals surface area contributed by atoms with Gasteiger partial charge >= 0.3 is 0 Å². The Balaban J connectivity index is 1.66. The Bertz CT molecular complexity index is 1080. The van der Waals surface area contributed by atoms with Crippen molar-refractivity contribution in [3.8, 4) is 5.69 Å². The standard InChI is InChI=1S/C18H18N8OS/c1-28-11-9-14(17-22-21-16-8-4-5-10-25(16)17)20-18(27)13-6-2-3-7-15(13)26-12-19-23-24-26/h2-8,10,12,14H,9,11H2,1H3,(H,20,27). The highest BCUT2D eigenvalue weighted by atomic mass is 32.2. The number of carbonyl (C=O) groups excluding carboxylic acids is 1. The third kappa shape index (κ3) is 3.58. The Morgan fingerprint density at radius 2 is 2.04 bits per heavy atom. The highest BCUT2D eigenvalue weighted by molar-refractivity contribution is 7.98. The fourth-order valence-electron chi connectivity index (χ4n) is 2.97. The lowest BCUT2D eigenvalue weighted by Gasteiger charge is -2.18. The number of thioether (sulfide) groups is 1. The van der Waals surface area contributed by atoms with Crippen LogP contribution in [-0.2, 0) is 0 Å². The molecule has 9 nitrogen and oxygen atoms in total. The normalized spacial score (nSPS) is 12.2. The molecule has 0 aliphatic carbocycles. The van der Waals surface area contributed by atoms with Gasteiger partial charge in [0.25, 0.3) is 5.91 Å². The van der Waals surface area contributed by atoms with Gasteiger partial charge in [-0.3, -0.25) is 9.20 Å². The van der Waals surface area contributed by atoms with E-state index in [2.05, 4.69) is 31.0 Å². The summed E-state index contributed by atoms with van der Waals surface area (Å²) in [6, 6.07) is 12.6. The Morgan fingerprint density at radius 1 is 1.18 bits per heavy atom. The van der Waals surface area contributed by atoms with Gasteiger partial charge in [-0.1, -0.05) is 18.2 Å². The Morgan fingerprint density at radius 3 is 2.86 bits per heavy atom. The number of nitrogens with zero attached hydrogens (tertiary/aromatic N) is 7. The van der Waals surface area contributed by atoms with E-state index in [1.807, 2.05) is 47.2 Å². The van der Waals surface area contributed by atoms with E-state index in [1.54, 1.807) is 23.9 Å². The summed E-state index contributed by atoms with van der Waals surface area (Å²) in [5.74, 6) is 1.37. The Hall–Kier alpha value is -3.27. The molecule has 4 rings (SSSR count). The first-order valence-electron chi connectivity index (χ1n) is 8.70. The van der Waals surface area contributed by atoms with E-state index in [9.17, 15) is 4.79 Å². The summed E-state index contributed by atoms with van der Waals surface area (Å²) >= 11 is 1.72. The summed E-state index contributed by atoms with van der Waals surface area (Å²) in [4.78, 5) is 13.1. The van der Waals surface area contributed by atoms with Gasteiger partial charge in [-0.2, -0.15) is 16.4 Å². The summed E-state index contributed by atoms with van der Waals surface area (Å²) in [5, 5.41) is 22.8. The molecule has 3 aromatic heterocycles. The van der Waals surface area contributed by atoms with E-state index in [4.69, 9.17) is 0 Å². The molecule has 0 fully saturated rings. The van der Waals surface area contributed by atoms with Crippen LogP contribution in [-0.4, -0.2) is 52.7 Å². The molecular weight excluding hydrogens is 376 g/mol. The number of tetrazole rings is 1. The van der Waals surface area contributed by atoms with Gasteiger partial charge in [0.1, 0.15) is 6.33 Å². The summed E-state index contributed by atoms with van der Waals surface area (Å²) in [6.45, 7) is 0. The van der Waals surface area contributed by atoms with Crippen LogP contribution in [0.15, 0.2) is 55.0 Å². The number of hydrogen-bond acceptors (Lipinski definition) is 7. The number of pyridine rings is 1. The smallest absolute Gasteiger partial charge is 0.254 e. The lowest BCUT2D eigenvalue weighted by Crippen LogP contribution is -2.31. The molecule has 0 aliphatic rings. The predicted molar refractivity (Wildman–Crippen MR) is 105 cm³/mol. The third-order valence-electron chi connectivity index (χ3n) is 4.31. The molecule has 3 heterocycles. The van der Waals surface area contributed by atoms with Gasteiger partial charge in [-0.05, 0) is 53.1 Å². The SMILES string of the molecule is CSCCC(NC(=O)c1ccccc1-n1cnnn1)c1nnc2ccccn12. The average molecular weight is 394 g/mol. The summed E-state index contributed by atoms with van der Waals surface area (Å²) in [6.07, 6.45) is 6.13. The van der Waals surface area contributed by atoms with Crippen molar-refractivity contribution in [1.29, 1.82) is 0 Å². The molecule has 4 aromatic rings. The van der Waals surface area contributed by atoms with Gasteiger partial charge in [0.05, 0.1) is 17.3 Å². The molecule has 0 radical (unpaired) electrons. The monoisotopic (exact) mass is 394 g/mol. The van der Waals surface area contributed by atoms with Crippen molar-refractivity contribution < 1.29 is 4.79 Å². The molecule has 0 saturated heterocycles. The second kappa shape index (κ2) is 8.17. The topological polar surface area (TPSA) is 103 Å². The molecule has 1 atom stereocenters. The second-order valence-electron chi connectivity index (χ2n) is 6.07. The van der Waals surface area contributed by atoms with Crippen molar-refractivity contribution in [3.05, 3.63) is 66.4 Å². The molecular formula is C18H18N8OS. The van der Waals surface area contributed by atoms with Crippen molar-refractivity contribution in [1.82, 2.24) is 40.1 Å².